The molecule has 0 aromatic rings. The summed E-state index contributed by atoms with van der Waals surface area (Å²) in [7, 11) is 0. The zero-order valence-electron chi connectivity index (χ0n) is 25.1. The van der Waals surface area contributed by atoms with E-state index in [1.807, 2.05) is 13.0 Å². The van der Waals surface area contributed by atoms with E-state index in [0.717, 1.165) is 51.4 Å². The molecule has 4 aliphatic carbocycles. The number of ether oxygens (including phenoxy) is 1. The maximum atomic E-state index is 12.8. The predicted octanol–water partition coefficient (Wildman–Crippen LogP) is 4.47. The molecular formula is C32H48N2O7. The quantitative estimate of drug-likeness (QED) is 0.310. The fourth-order valence-electron chi connectivity index (χ4n) is 8.48. The smallest absolute Gasteiger partial charge is 0.326 e. The number of carbonyl (C=O) groups is 5. The second-order valence-corrected chi connectivity index (χ2v) is 13.4. The van der Waals surface area contributed by atoms with Crippen molar-refractivity contribution in [2.45, 2.75) is 129 Å². The lowest BCUT2D eigenvalue weighted by atomic mass is 9.47. The van der Waals surface area contributed by atoms with Crippen LogP contribution in [0.3, 0.4) is 0 Å². The van der Waals surface area contributed by atoms with E-state index in [4.69, 9.17) is 4.74 Å². The molecule has 3 saturated carbocycles. The summed E-state index contributed by atoms with van der Waals surface area (Å²) >= 11 is 0. The third-order valence-corrected chi connectivity index (χ3v) is 10.9. The largest absolute Gasteiger partial charge is 0.480 e. The van der Waals surface area contributed by atoms with Gasteiger partial charge in [-0.3, -0.25) is 19.2 Å². The number of carboxylic acid groups (broad SMARTS) is 1. The van der Waals surface area contributed by atoms with Gasteiger partial charge in [0, 0.05) is 18.3 Å². The van der Waals surface area contributed by atoms with Crippen LogP contribution in [-0.2, 0) is 28.7 Å². The second kappa shape index (κ2) is 12.7. The summed E-state index contributed by atoms with van der Waals surface area (Å²) in [4.78, 5) is 61.2. The molecule has 0 heterocycles. The van der Waals surface area contributed by atoms with Crippen molar-refractivity contribution in [1.29, 1.82) is 0 Å². The molecular weight excluding hydrogens is 524 g/mol. The van der Waals surface area contributed by atoms with Crippen LogP contribution in [-0.4, -0.2) is 52.8 Å². The number of ketones is 1. The van der Waals surface area contributed by atoms with Crippen molar-refractivity contribution in [3.63, 3.8) is 0 Å². The highest BCUT2D eigenvalue weighted by Crippen LogP contribution is 2.65. The first kappa shape index (κ1) is 31.2. The first-order chi connectivity index (χ1) is 19.4. The van der Waals surface area contributed by atoms with Crippen LogP contribution in [0.15, 0.2) is 11.6 Å². The molecule has 41 heavy (non-hydrogen) atoms. The van der Waals surface area contributed by atoms with Crippen LogP contribution in [0.2, 0.25) is 0 Å². The molecule has 0 unspecified atom stereocenters. The first-order valence-electron chi connectivity index (χ1n) is 15.6. The topological polar surface area (TPSA) is 139 Å². The van der Waals surface area contributed by atoms with Gasteiger partial charge < -0.3 is 20.5 Å². The molecule has 8 atom stereocenters. The Bertz CT molecular complexity index is 1090. The molecule has 4 rings (SSSR count). The van der Waals surface area contributed by atoms with Crippen LogP contribution in [0, 0.1) is 28.6 Å². The van der Waals surface area contributed by atoms with Crippen LogP contribution >= 0.6 is 0 Å². The SMILES string of the molecule is CCCC[C@@H](NC(=O)[C@@H](C)NC(=O)CCC(=O)O[C@@H]1CC[C@H]2[C@@H]3CCC4=CC(=O)CC[C@]4(C)[C@H]3CC[C@]12C)C(=O)O. The van der Waals surface area contributed by atoms with E-state index in [0.29, 0.717) is 37.0 Å². The standard InChI is InChI=1S/C32H48N2O7/c1-5-6-7-25(30(39)40)34-29(38)19(2)33-27(36)12-13-28(37)41-26-11-10-23-22-9-8-20-18-21(35)14-16-31(20,3)24(22)15-17-32(23,26)4/h18-19,22-26H,5-17H2,1-4H3,(H,33,36)(H,34,38)(H,39,40)/t19-,22+,23+,24+,25-,26-,31+,32+/m1/s1. The van der Waals surface area contributed by atoms with Crippen LogP contribution < -0.4 is 10.6 Å². The number of fused-ring (bicyclic) bond motifs is 5. The van der Waals surface area contributed by atoms with Gasteiger partial charge in [-0.15, -0.1) is 0 Å². The highest BCUT2D eigenvalue weighted by molar-refractivity contribution is 5.92. The van der Waals surface area contributed by atoms with Crippen molar-refractivity contribution in [3.8, 4) is 0 Å². The van der Waals surface area contributed by atoms with Crippen LogP contribution in [0.4, 0.5) is 0 Å². The molecule has 0 radical (unpaired) electrons. The normalized spacial score (nSPS) is 33.8. The molecule has 228 valence electrons. The Labute approximate surface area is 243 Å². The minimum absolute atomic E-state index is 0.0715. The van der Waals surface area contributed by atoms with Gasteiger partial charge in [-0.05, 0) is 87.5 Å². The van der Waals surface area contributed by atoms with E-state index in [2.05, 4.69) is 24.5 Å². The summed E-state index contributed by atoms with van der Waals surface area (Å²) < 4.78 is 6.01. The molecule has 0 aromatic carbocycles. The lowest BCUT2D eigenvalue weighted by molar-refractivity contribution is -0.160. The zero-order valence-corrected chi connectivity index (χ0v) is 25.1. The summed E-state index contributed by atoms with van der Waals surface area (Å²) in [5, 5.41) is 14.4. The minimum Gasteiger partial charge on any atom is -0.480 e. The molecule has 9 heteroatoms. The summed E-state index contributed by atoms with van der Waals surface area (Å²) in [6, 6.07) is -1.91. The average molecular weight is 573 g/mol. The zero-order chi connectivity index (χ0) is 29.9. The van der Waals surface area contributed by atoms with Crippen molar-refractivity contribution in [1.82, 2.24) is 10.6 Å². The van der Waals surface area contributed by atoms with E-state index in [1.54, 1.807) is 0 Å². The van der Waals surface area contributed by atoms with E-state index < -0.39 is 35.8 Å². The third kappa shape index (κ3) is 6.54. The lowest BCUT2D eigenvalue weighted by Gasteiger charge is -2.57. The lowest BCUT2D eigenvalue weighted by Crippen LogP contribution is -2.51. The van der Waals surface area contributed by atoms with Gasteiger partial charge in [-0.1, -0.05) is 39.2 Å². The van der Waals surface area contributed by atoms with Crippen LogP contribution in [0.5, 0.6) is 0 Å². The fraction of sp³-hybridized carbons (Fsp3) is 0.781. The van der Waals surface area contributed by atoms with Gasteiger partial charge in [-0.25, -0.2) is 4.79 Å². The van der Waals surface area contributed by atoms with Gasteiger partial charge in [0.1, 0.15) is 18.2 Å². The molecule has 0 bridgehead atoms. The number of nitrogens with one attached hydrogen (secondary N) is 2. The molecule has 0 saturated heterocycles. The van der Waals surface area contributed by atoms with Crippen molar-refractivity contribution in [2.75, 3.05) is 0 Å². The second-order valence-electron chi connectivity index (χ2n) is 13.4. The van der Waals surface area contributed by atoms with Gasteiger partial charge in [-0.2, -0.15) is 0 Å². The molecule has 4 aliphatic rings. The van der Waals surface area contributed by atoms with E-state index in [-0.39, 0.29) is 35.6 Å². The van der Waals surface area contributed by atoms with E-state index in [9.17, 15) is 29.1 Å². The number of hydrogen-bond acceptors (Lipinski definition) is 6. The summed E-state index contributed by atoms with van der Waals surface area (Å²) in [6.07, 6.45) is 11.0. The predicted molar refractivity (Wildman–Crippen MR) is 153 cm³/mol. The fourth-order valence-corrected chi connectivity index (χ4v) is 8.48. The summed E-state index contributed by atoms with van der Waals surface area (Å²) in [5.41, 5.74) is 1.38. The number of aliphatic carboxylic acids is 1. The molecule has 0 aromatic heterocycles. The minimum atomic E-state index is -1.10. The van der Waals surface area contributed by atoms with Gasteiger partial charge >= 0.3 is 11.9 Å². The van der Waals surface area contributed by atoms with Crippen molar-refractivity contribution < 1.29 is 33.8 Å². The number of carboxylic acids is 1. The Morgan fingerprint density at radius 1 is 1.02 bits per heavy atom. The Morgan fingerprint density at radius 2 is 1.78 bits per heavy atom. The third-order valence-electron chi connectivity index (χ3n) is 10.9. The monoisotopic (exact) mass is 572 g/mol. The van der Waals surface area contributed by atoms with Gasteiger partial charge in [0.15, 0.2) is 5.78 Å². The summed E-state index contributed by atoms with van der Waals surface area (Å²) in [5.74, 6) is -0.611. The summed E-state index contributed by atoms with van der Waals surface area (Å²) in [6.45, 7) is 8.07. The highest BCUT2D eigenvalue weighted by atomic mass is 16.5. The maximum absolute atomic E-state index is 12.8. The number of amides is 2. The Hall–Kier alpha value is -2.71. The van der Waals surface area contributed by atoms with Crippen LogP contribution in [0.25, 0.3) is 0 Å². The Balaban J connectivity index is 1.26. The Morgan fingerprint density at radius 3 is 2.49 bits per heavy atom. The van der Waals surface area contributed by atoms with Crippen molar-refractivity contribution in [2.24, 2.45) is 28.6 Å². The van der Waals surface area contributed by atoms with Gasteiger partial charge in [0.05, 0.1) is 6.42 Å². The van der Waals surface area contributed by atoms with Gasteiger partial charge in [0.2, 0.25) is 11.8 Å². The van der Waals surface area contributed by atoms with Gasteiger partial charge in [0.25, 0.3) is 0 Å². The number of carbonyl (C=O) groups excluding carboxylic acids is 4. The first-order valence-corrected chi connectivity index (χ1v) is 15.6. The molecule has 9 nitrogen and oxygen atoms in total. The Kier molecular flexibility index (Phi) is 9.64. The maximum Gasteiger partial charge on any atom is 0.326 e. The molecule has 3 N–H and O–H groups in total. The highest BCUT2D eigenvalue weighted by Gasteiger charge is 2.60. The molecule has 3 fully saturated rings. The van der Waals surface area contributed by atoms with E-state index in [1.165, 1.54) is 12.5 Å². The van der Waals surface area contributed by atoms with Crippen LogP contribution in [0.1, 0.15) is 111 Å². The molecule has 2 amide bonds. The number of allylic oxidation sites excluding steroid dienone is 1. The number of esters is 1. The van der Waals surface area contributed by atoms with Crippen molar-refractivity contribution in [3.05, 3.63) is 11.6 Å². The number of unbranched alkanes of at least 4 members (excludes halogenated alkanes) is 1. The number of rotatable bonds is 11. The number of hydrogen-bond donors (Lipinski definition) is 3. The average Bonchev–Trinajstić information content (AvgIpc) is 3.25. The van der Waals surface area contributed by atoms with E-state index >= 15 is 0 Å². The molecule has 0 spiro atoms. The molecule has 0 aliphatic heterocycles. The van der Waals surface area contributed by atoms with Crippen molar-refractivity contribution >= 4 is 29.5 Å².